The van der Waals surface area contributed by atoms with Crippen LogP contribution >= 0.6 is 7.82 Å². The summed E-state index contributed by atoms with van der Waals surface area (Å²) in [5, 5.41) is 16.6. The molecular weight excluding hydrogens is 203 g/mol. The maximum absolute atomic E-state index is 10.8. The molecule has 0 saturated heterocycles. The minimum atomic E-state index is -4.51. The van der Waals surface area contributed by atoms with Crippen LogP contribution in [0, 0.1) is 0 Å². The first-order valence-electron chi connectivity index (χ1n) is 3.36. The number of phosphoric ester groups is 1. The van der Waals surface area contributed by atoms with Crippen molar-refractivity contribution in [2.24, 2.45) is 0 Å². The van der Waals surface area contributed by atoms with Crippen molar-refractivity contribution in [1.29, 1.82) is 0 Å². The average Bonchev–Trinajstić information content (AvgIpc) is 2.02. The number of carbonyl (C=O) groups is 1. The molecule has 2 unspecified atom stereocenters. The van der Waals surface area contributed by atoms with Crippen LogP contribution in [0.3, 0.4) is 0 Å². The Balaban J connectivity index is 4.08. The number of rotatable bonds is 5. The first-order valence-corrected chi connectivity index (χ1v) is 4.86. The number of aliphatic hydroxyl groups is 2. The zero-order valence-electron chi connectivity index (χ0n) is 6.91. The molecule has 0 fully saturated rings. The third-order valence-corrected chi connectivity index (χ3v) is 1.98. The second kappa shape index (κ2) is 5.31. The normalized spacial score (nSPS) is 17.5. The van der Waals surface area contributed by atoms with Gasteiger partial charge in [-0.05, 0) is 6.92 Å². The Morgan fingerprint density at radius 2 is 2.08 bits per heavy atom. The molecule has 8 heteroatoms. The number of hydrogen-bond acceptors (Lipinski definition) is 6. The monoisotopic (exact) mass is 214 g/mol. The lowest BCUT2D eigenvalue weighted by atomic mass is 10.5. The fraction of sp³-hybridized carbons (Fsp3) is 0.800. The Kier molecular flexibility index (Phi) is 5.12. The third-order valence-electron chi connectivity index (χ3n) is 0.917. The highest BCUT2D eigenvalue weighted by Crippen LogP contribution is 2.44. The highest BCUT2D eigenvalue weighted by molar-refractivity contribution is 7.48. The quantitative estimate of drug-likeness (QED) is 0.504. The summed E-state index contributed by atoms with van der Waals surface area (Å²) < 4.78 is 18.9. The second-order valence-corrected chi connectivity index (χ2v) is 3.52. The Hall–Kier alpha value is -0.460. The average molecular weight is 214 g/mol. The Morgan fingerprint density at radius 3 is 2.46 bits per heavy atom. The zero-order chi connectivity index (χ0) is 10.5. The van der Waals surface area contributed by atoms with Gasteiger partial charge in [-0.15, -0.1) is 0 Å². The van der Waals surface area contributed by atoms with Gasteiger partial charge in [-0.2, -0.15) is 0 Å². The van der Waals surface area contributed by atoms with Crippen molar-refractivity contribution in [2.75, 3.05) is 13.2 Å². The Bertz CT molecular complexity index is 215. The maximum atomic E-state index is 10.8. The van der Waals surface area contributed by atoms with Gasteiger partial charge < -0.3 is 14.7 Å². The molecule has 0 rings (SSSR count). The van der Waals surface area contributed by atoms with Gasteiger partial charge in [0.2, 0.25) is 0 Å². The molecular formula is C5H11O7P. The SMILES string of the molecule is CC(CO)OP(=O)(O)OC(=O)CO. The molecule has 0 aliphatic rings. The molecule has 0 spiro atoms. The van der Waals surface area contributed by atoms with Crippen molar-refractivity contribution in [3.8, 4) is 0 Å². The molecule has 13 heavy (non-hydrogen) atoms. The lowest BCUT2D eigenvalue weighted by Gasteiger charge is -2.14. The van der Waals surface area contributed by atoms with E-state index in [9.17, 15) is 9.36 Å². The van der Waals surface area contributed by atoms with E-state index in [1.165, 1.54) is 6.92 Å². The molecule has 0 aliphatic carbocycles. The van der Waals surface area contributed by atoms with E-state index in [4.69, 9.17) is 15.1 Å². The van der Waals surface area contributed by atoms with Gasteiger partial charge in [-0.3, -0.25) is 9.42 Å². The molecule has 0 amide bonds. The molecule has 0 aromatic rings. The summed E-state index contributed by atoms with van der Waals surface area (Å²) in [5.41, 5.74) is 0. The Labute approximate surface area is 74.5 Å². The van der Waals surface area contributed by atoms with Gasteiger partial charge in [-0.1, -0.05) is 0 Å². The van der Waals surface area contributed by atoms with Gasteiger partial charge in [0.1, 0.15) is 6.61 Å². The highest BCUT2D eigenvalue weighted by atomic mass is 31.2. The number of carbonyl (C=O) groups excluding carboxylic acids is 1. The highest BCUT2D eigenvalue weighted by Gasteiger charge is 2.28. The predicted octanol–water partition coefficient (Wildman–Crippen LogP) is -0.980. The first kappa shape index (κ1) is 12.5. The lowest BCUT2D eigenvalue weighted by molar-refractivity contribution is -0.139. The lowest BCUT2D eigenvalue weighted by Crippen LogP contribution is -2.15. The molecule has 0 aliphatic heterocycles. The van der Waals surface area contributed by atoms with E-state index in [2.05, 4.69) is 9.05 Å². The zero-order valence-corrected chi connectivity index (χ0v) is 7.81. The molecule has 0 heterocycles. The summed E-state index contributed by atoms with van der Waals surface area (Å²) >= 11 is 0. The summed E-state index contributed by atoms with van der Waals surface area (Å²) in [6.07, 6.45) is -0.928. The maximum Gasteiger partial charge on any atom is 0.530 e. The van der Waals surface area contributed by atoms with E-state index in [0.29, 0.717) is 0 Å². The molecule has 2 atom stereocenters. The molecule has 7 nitrogen and oxygen atoms in total. The molecule has 78 valence electrons. The molecule has 0 aromatic heterocycles. The predicted molar refractivity (Wildman–Crippen MR) is 40.6 cm³/mol. The van der Waals surface area contributed by atoms with Crippen molar-refractivity contribution >= 4 is 13.8 Å². The van der Waals surface area contributed by atoms with Crippen molar-refractivity contribution in [3.05, 3.63) is 0 Å². The van der Waals surface area contributed by atoms with Crippen LogP contribution in [0.2, 0.25) is 0 Å². The van der Waals surface area contributed by atoms with Crippen LogP contribution < -0.4 is 0 Å². The topological polar surface area (TPSA) is 113 Å². The summed E-state index contributed by atoms with van der Waals surface area (Å²) in [6.45, 7) is -0.182. The molecule has 0 saturated carbocycles. The van der Waals surface area contributed by atoms with Gasteiger partial charge in [-0.25, -0.2) is 9.36 Å². The summed E-state index contributed by atoms with van der Waals surface area (Å²) in [4.78, 5) is 19.1. The minimum Gasteiger partial charge on any atom is -0.394 e. The van der Waals surface area contributed by atoms with E-state index in [1.807, 2.05) is 0 Å². The van der Waals surface area contributed by atoms with Gasteiger partial charge in [0.15, 0.2) is 0 Å². The smallest absolute Gasteiger partial charge is 0.394 e. The largest absolute Gasteiger partial charge is 0.530 e. The van der Waals surface area contributed by atoms with Crippen LogP contribution in [0.15, 0.2) is 0 Å². The molecule has 0 aromatic carbocycles. The van der Waals surface area contributed by atoms with E-state index >= 15 is 0 Å². The minimum absolute atomic E-state index is 0.485. The summed E-state index contributed by atoms with van der Waals surface area (Å²) in [7, 11) is -4.51. The van der Waals surface area contributed by atoms with Crippen LogP contribution in [0.5, 0.6) is 0 Å². The van der Waals surface area contributed by atoms with E-state index in [-0.39, 0.29) is 0 Å². The van der Waals surface area contributed by atoms with Crippen LogP contribution in [-0.4, -0.2) is 40.4 Å². The van der Waals surface area contributed by atoms with Crippen molar-refractivity contribution in [3.63, 3.8) is 0 Å². The van der Waals surface area contributed by atoms with Crippen molar-refractivity contribution < 1.29 is 33.5 Å². The van der Waals surface area contributed by atoms with Crippen LogP contribution in [-0.2, 0) is 18.4 Å². The fourth-order valence-electron chi connectivity index (χ4n) is 0.440. The third kappa shape index (κ3) is 5.73. The standard InChI is InChI=1S/C5H11O7P/c1-4(2-6)11-13(9,10)12-5(8)3-7/h4,6-7H,2-3H2,1H3,(H,9,10). The second-order valence-electron chi connectivity index (χ2n) is 2.19. The number of aliphatic hydroxyl groups excluding tert-OH is 2. The van der Waals surface area contributed by atoms with E-state index < -0.39 is 33.1 Å². The van der Waals surface area contributed by atoms with Gasteiger partial charge in [0.05, 0.1) is 12.7 Å². The molecule has 0 bridgehead atoms. The van der Waals surface area contributed by atoms with Crippen molar-refractivity contribution in [2.45, 2.75) is 13.0 Å². The van der Waals surface area contributed by atoms with Crippen LogP contribution in [0.4, 0.5) is 0 Å². The fourth-order valence-corrected chi connectivity index (χ4v) is 1.32. The van der Waals surface area contributed by atoms with Crippen LogP contribution in [0.25, 0.3) is 0 Å². The van der Waals surface area contributed by atoms with Crippen molar-refractivity contribution in [1.82, 2.24) is 0 Å². The van der Waals surface area contributed by atoms with Gasteiger partial charge in [0, 0.05) is 0 Å². The number of phosphoric acid groups is 1. The van der Waals surface area contributed by atoms with Gasteiger partial charge >= 0.3 is 13.8 Å². The first-order chi connectivity index (χ1) is 5.91. The van der Waals surface area contributed by atoms with Gasteiger partial charge in [0.25, 0.3) is 0 Å². The van der Waals surface area contributed by atoms with E-state index in [0.717, 1.165) is 0 Å². The van der Waals surface area contributed by atoms with Crippen LogP contribution in [0.1, 0.15) is 6.92 Å². The summed E-state index contributed by atoms with van der Waals surface area (Å²) in [5.74, 6) is -1.27. The molecule has 3 N–H and O–H groups in total. The molecule has 0 radical (unpaired) electrons. The Morgan fingerprint density at radius 1 is 1.54 bits per heavy atom. The van der Waals surface area contributed by atoms with E-state index in [1.54, 1.807) is 0 Å². The number of hydrogen-bond donors (Lipinski definition) is 3. The summed E-state index contributed by atoms with van der Waals surface area (Å²) in [6, 6.07) is 0.